The molecule has 0 atom stereocenters. The highest BCUT2D eigenvalue weighted by Gasteiger charge is 2.04. The predicted octanol–water partition coefficient (Wildman–Crippen LogP) is 3.62. The van der Waals surface area contributed by atoms with Crippen LogP contribution in [0.25, 0.3) is 0 Å². The molecule has 19 heavy (non-hydrogen) atoms. The smallest absolute Gasteiger partial charge is 0.128 e. The van der Waals surface area contributed by atoms with Gasteiger partial charge in [-0.1, -0.05) is 31.5 Å². The summed E-state index contributed by atoms with van der Waals surface area (Å²) in [5.74, 6) is 1.30. The van der Waals surface area contributed by atoms with E-state index in [-0.39, 0.29) is 0 Å². The third-order valence-electron chi connectivity index (χ3n) is 3.02. The number of hydrogen-bond donors (Lipinski definition) is 1. The molecule has 0 spiro atoms. The molecule has 2 rings (SSSR count). The van der Waals surface area contributed by atoms with Crippen molar-refractivity contribution in [2.75, 3.05) is 5.73 Å². The quantitative estimate of drug-likeness (QED) is 0.867. The Morgan fingerprint density at radius 1 is 1.21 bits per heavy atom. The van der Waals surface area contributed by atoms with E-state index < -0.39 is 0 Å². The summed E-state index contributed by atoms with van der Waals surface area (Å²) >= 11 is 5.90. The third kappa shape index (κ3) is 3.67. The molecule has 2 aromatic rings. The Labute approximate surface area is 118 Å². The number of hydrogen-bond acceptors (Lipinski definition) is 3. The molecule has 3 nitrogen and oxygen atoms in total. The van der Waals surface area contributed by atoms with Crippen molar-refractivity contribution in [3.63, 3.8) is 0 Å². The molecule has 4 heteroatoms. The van der Waals surface area contributed by atoms with Crippen LogP contribution in [-0.4, -0.2) is 9.97 Å². The molecule has 1 aromatic heterocycles. The summed E-state index contributed by atoms with van der Waals surface area (Å²) in [6, 6.07) is 7.70. The Hall–Kier alpha value is -1.61. The third-order valence-corrected chi connectivity index (χ3v) is 3.36. The molecule has 0 aliphatic rings. The fourth-order valence-electron chi connectivity index (χ4n) is 1.86. The van der Waals surface area contributed by atoms with Gasteiger partial charge in [0, 0.05) is 18.3 Å². The van der Waals surface area contributed by atoms with Gasteiger partial charge in [0.1, 0.15) is 5.82 Å². The molecule has 2 N–H and O–H groups in total. The lowest BCUT2D eigenvalue weighted by Gasteiger charge is -2.07. The zero-order valence-electron chi connectivity index (χ0n) is 11.2. The molecule has 0 bridgehead atoms. The van der Waals surface area contributed by atoms with Crippen molar-refractivity contribution in [2.24, 2.45) is 0 Å². The monoisotopic (exact) mass is 275 g/mol. The van der Waals surface area contributed by atoms with Crippen LogP contribution in [0.1, 0.15) is 36.8 Å². The van der Waals surface area contributed by atoms with Crippen LogP contribution in [0.4, 0.5) is 5.69 Å². The van der Waals surface area contributed by atoms with E-state index in [1.54, 1.807) is 0 Å². The minimum atomic E-state index is 0.424. The summed E-state index contributed by atoms with van der Waals surface area (Å²) in [4.78, 5) is 8.87. The maximum atomic E-state index is 5.90. The normalized spacial score (nSPS) is 10.9. The average molecular weight is 276 g/mol. The molecule has 0 saturated heterocycles. The molecule has 0 radical (unpaired) electrons. The number of nitrogen functional groups attached to an aromatic ring is 1. The van der Waals surface area contributed by atoms with E-state index >= 15 is 0 Å². The van der Waals surface area contributed by atoms with Crippen molar-refractivity contribution in [1.82, 2.24) is 9.97 Å². The number of nitrogens with zero attached hydrogens (tertiary/aromatic N) is 2. The van der Waals surface area contributed by atoms with Crippen molar-refractivity contribution >= 4 is 17.3 Å². The standard InChI is InChI=1S/C15H18ClN3/c1-10(2)14-7-8-18-15(19-14)6-4-11-3-5-12(16)13(17)9-11/h3,5,7-10H,4,6,17H2,1-2H3. The van der Waals surface area contributed by atoms with E-state index in [1.165, 1.54) is 0 Å². The molecule has 0 aliphatic heterocycles. The number of halogens is 1. The zero-order chi connectivity index (χ0) is 13.8. The van der Waals surface area contributed by atoms with E-state index in [0.29, 0.717) is 16.6 Å². The molecule has 0 unspecified atom stereocenters. The number of benzene rings is 1. The summed E-state index contributed by atoms with van der Waals surface area (Å²) < 4.78 is 0. The van der Waals surface area contributed by atoms with Gasteiger partial charge in [-0.25, -0.2) is 9.97 Å². The Morgan fingerprint density at radius 3 is 2.68 bits per heavy atom. The van der Waals surface area contributed by atoms with Crippen LogP contribution in [0, 0.1) is 0 Å². The highest BCUT2D eigenvalue weighted by Crippen LogP contribution is 2.20. The van der Waals surface area contributed by atoms with Crippen molar-refractivity contribution < 1.29 is 0 Å². The maximum Gasteiger partial charge on any atom is 0.128 e. The first-order valence-corrected chi connectivity index (χ1v) is 6.80. The van der Waals surface area contributed by atoms with Crippen LogP contribution < -0.4 is 5.73 Å². The fourth-order valence-corrected chi connectivity index (χ4v) is 1.98. The highest BCUT2D eigenvalue weighted by molar-refractivity contribution is 6.33. The van der Waals surface area contributed by atoms with E-state index in [2.05, 4.69) is 23.8 Å². The van der Waals surface area contributed by atoms with Crippen LogP contribution in [0.2, 0.25) is 5.02 Å². The van der Waals surface area contributed by atoms with Crippen molar-refractivity contribution in [3.05, 3.63) is 52.6 Å². The SMILES string of the molecule is CC(C)c1ccnc(CCc2ccc(Cl)c(N)c2)n1. The van der Waals surface area contributed by atoms with Crippen LogP contribution in [-0.2, 0) is 12.8 Å². The second-order valence-electron chi connectivity index (χ2n) is 4.91. The molecule has 1 aromatic carbocycles. The topological polar surface area (TPSA) is 51.8 Å². The van der Waals surface area contributed by atoms with Gasteiger partial charge in [-0.2, -0.15) is 0 Å². The van der Waals surface area contributed by atoms with Gasteiger partial charge >= 0.3 is 0 Å². The van der Waals surface area contributed by atoms with Gasteiger partial charge in [-0.05, 0) is 36.1 Å². The molecule has 0 amide bonds. The van der Waals surface area contributed by atoms with Crippen molar-refractivity contribution in [1.29, 1.82) is 0 Å². The van der Waals surface area contributed by atoms with Gasteiger partial charge in [0.05, 0.1) is 10.7 Å². The fraction of sp³-hybridized carbons (Fsp3) is 0.333. The Kier molecular flexibility index (Phi) is 4.38. The van der Waals surface area contributed by atoms with Crippen LogP contribution in [0.3, 0.4) is 0 Å². The molecule has 0 saturated carbocycles. The van der Waals surface area contributed by atoms with E-state index in [1.807, 2.05) is 30.5 Å². The Balaban J connectivity index is 2.05. The first-order chi connectivity index (χ1) is 9.06. The van der Waals surface area contributed by atoms with Crippen LogP contribution in [0.15, 0.2) is 30.5 Å². The van der Waals surface area contributed by atoms with E-state index in [9.17, 15) is 0 Å². The van der Waals surface area contributed by atoms with Gasteiger partial charge in [0.2, 0.25) is 0 Å². The number of aryl methyl sites for hydroxylation is 2. The first kappa shape index (κ1) is 13.8. The first-order valence-electron chi connectivity index (χ1n) is 6.42. The molecule has 100 valence electrons. The van der Waals surface area contributed by atoms with Gasteiger partial charge in [-0.15, -0.1) is 0 Å². The lowest BCUT2D eigenvalue weighted by Crippen LogP contribution is -2.02. The second kappa shape index (κ2) is 6.02. The van der Waals surface area contributed by atoms with E-state index in [4.69, 9.17) is 17.3 Å². The van der Waals surface area contributed by atoms with Gasteiger partial charge in [0.15, 0.2) is 0 Å². The average Bonchev–Trinajstić information content (AvgIpc) is 2.40. The number of rotatable bonds is 4. The summed E-state index contributed by atoms with van der Waals surface area (Å²) in [5, 5.41) is 0.599. The predicted molar refractivity (Wildman–Crippen MR) is 79.4 cm³/mol. The van der Waals surface area contributed by atoms with Crippen molar-refractivity contribution in [3.8, 4) is 0 Å². The number of anilines is 1. The summed E-state index contributed by atoms with van der Waals surface area (Å²) in [5.41, 5.74) is 8.65. The van der Waals surface area contributed by atoms with Gasteiger partial charge in [-0.3, -0.25) is 0 Å². The second-order valence-corrected chi connectivity index (χ2v) is 5.32. The lowest BCUT2D eigenvalue weighted by atomic mass is 10.1. The Morgan fingerprint density at radius 2 is 2.00 bits per heavy atom. The van der Waals surface area contributed by atoms with E-state index in [0.717, 1.165) is 29.9 Å². The van der Waals surface area contributed by atoms with Gasteiger partial charge in [0.25, 0.3) is 0 Å². The largest absolute Gasteiger partial charge is 0.398 e. The van der Waals surface area contributed by atoms with Crippen LogP contribution >= 0.6 is 11.6 Å². The molecule has 0 fully saturated rings. The van der Waals surface area contributed by atoms with Crippen LogP contribution in [0.5, 0.6) is 0 Å². The summed E-state index contributed by atoms with van der Waals surface area (Å²) in [7, 11) is 0. The lowest BCUT2D eigenvalue weighted by molar-refractivity contribution is 0.770. The number of nitrogens with two attached hydrogens (primary N) is 1. The minimum Gasteiger partial charge on any atom is -0.398 e. The zero-order valence-corrected chi connectivity index (χ0v) is 12.0. The summed E-state index contributed by atoms with van der Waals surface area (Å²) in [6.45, 7) is 4.26. The molecular formula is C15H18ClN3. The molecular weight excluding hydrogens is 258 g/mol. The van der Waals surface area contributed by atoms with Crippen molar-refractivity contribution in [2.45, 2.75) is 32.6 Å². The molecule has 1 heterocycles. The minimum absolute atomic E-state index is 0.424. The summed E-state index contributed by atoms with van der Waals surface area (Å²) in [6.07, 6.45) is 3.50. The molecule has 0 aliphatic carbocycles. The van der Waals surface area contributed by atoms with Gasteiger partial charge < -0.3 is 5.73 Å². The number of aromatic nitrogens is 2. The maximum absolute atomic E-state index is 5.90. The Bertz CT molecular complexity index is 567. The highest BCUT2D eigenvalue weighted by atomic mass is 35.5.